The van der Waals surface area contributed by atoms with Crippen molar-refractivity contribution in [3.63, 3.8) is 0 Å². The molecule has 1 saturated heterocycles. The van der Waals surface area contributed by atoms with Gasteiger partial charge in [-0.15, -0.1) is 12.4 Å². The molecule has 3 unspecified atom stereocenters. The van der Waals surface area contributed by atoms with Gasteiger partial charge in [-0.05, 0) is 23.8 Å². The fraction of sp³-hybridized carbons (Fsp3) is 0.889. The van der Waals surface area contributed by atoms with E-state index in [-0.39, 0.29) is 24.4 Å². The molecular formula is C9H16ClNO2. The van der Waals surface area contributed by atoms with E-state index in [0.717, 1.165) is 6.54 Å². The number of fused-ring (bicyclic) bond motifs is 1. The summed E-state index contributed by atoms with van der Waals surface area (Å²) in [7, 11) is 1.45. The second-order valence-corrected chi connectivity index (χ2v) is 4.36. The average Bonchev–Trinajstić information content (AvgIpc) is 2.52. The van der Waals surface area contributed by atoms with Crippen LogP contribution in [0.5, 0.6) is 0 Å². The molecule has 3 nitrogen and oxygen atoms in total. The Hall–Kier alpha value is -0.280. The number of ether oxygens (including phenoxy) is 1. The average molecular weight is 206 g/mol. The van der Waals surface area contributed by atoms with Crippen molar-refractivity contribution in [1.82, 2.24) is 5.32 Å². The predicted octanol–water partition coefficient (Wildman–Crippen LogP) is 0.825. The van der Waals surface area contributed by atoms with E-state index < -0.39 is 0 Å². The number of hydrogen-bond donors (Lipinski definition) is 1. The molecule has 0 aromatic rings. The molecule has 2 fully saturated rings. The smallest absolute Gasteiger partial charge is 0.323 e. The summed E-state index contributed by atoms with van der Waals surface area (Å²) in [5.41, 5.74) is 0.351. The quantitative estimate of drug-likeness (QED) is 0.645. The van der Waals surface area contributed by atoms with Gasteiger partial charge in [0.1, 0.15) is 6.04 Å². The molecule has 3 atom stereocenters. The lowest BCUT2D eigenvalue weighted by Crippen LogP contribution is -2.38. The number of esters is 1. The highest BCUT2D eigenvalue weighted by Crippen LogP contribution is 2.62. The summed E-state index contributed by atoms with van der Waals surface area (Å²) in [4.78, 5) is 11.3. The first-order valence-corrected chi connectivity index (χ1v) is 4.40. The maximum atomic E-state index is 11.3. The Morgan fingerprint density at radius 1 is 1.54 bits per heavy atom. The summed E-state index contributed by atoms with van der Waals surface area (Å²) in [6.07, 6.45) is 0. The van der Waals surface area contributed by atoms with Crippen LogP contribution in [0.1, 0.15) is 13.8 Å². The van der Waals surface area contributed by atoms with Gasteiger partial charge in [0.2, 0.25) is 0 Å². The summed E-state index contributed by atoms with van der Waals surface area (Å²) in [6, 6.07) is -0.0463. The van der Waals surface area contributed by atoms with E-state index in [2.05, 4.69) is 19.2 Å². The lowest BCUT2D eigenvalue weighted by atomic mass is 10.0. The highest BCUT2D eigenvalue weighted by molar-refractivity contribution is 5.85. The molecule has 0 aromatic carbocycles. The zero-order chi connectivity index (χ0) is 8.93. The SMILES string of the molecule is COC(=O)C1NCC2C1C2(C)C.Cl. The molecule has 1 saturated carbocycles. The first-order valence-electron chi connectivity index (χ1n) is 4.40. The van der Waals surface area contributed by atoms with Crippen molar-refractivity contribution in [3.05, 3.63) is 0 Å². The van der Waals surface area contributed by atoms with Crippen LogP contribution >= 0.6 is 12.4 Å². The lowest BCUT2D eigenvalue weighted by Gasteiger charge is -2.16. The summed E-state index contributed by atoms with van der Waals surface area (Å²) >= 11 is 0. The topological polar surface area (TPSA) is 38.3 Å². The van der Waals surface area contributed by atoms with Crippen molar-refractivity contribution in [2.75, 3.05) is 13.7 Å². The molecule has 2 rings (SSSR count). The normalized spacial score (nSPS) is 38.8. The Morgan fingerprint density at radius 3 is 2.54 bits per heavy atom. The van der Waals surface area contributed by atoms with E-state index in [9.17, 15) is 4.79 Å². The van der Waals surface area contributed by atoms with Gasteiger partial charge in [-0.1, -0.05) is 13.8 Å². The molecule has 0 aromatic heterocycles. The Kier molecular flexibility index (Phi) is 2.61. The van der Waals surface area contributed by atoms with Crippen LogP contribution in [-0.4, -0.2) is 25.7 Å². The molecule has 2 aliphatic rings. The van der Waals surface area contributed by atoms with Gasteiger partial charge in [0.05, 0.1) is 7.11 Å². The Balaban J connectivity index is 0.000000845. The molecule has 0 bridgehead atoms. The second-order valence-electron chi connectivity index (χ2n) is 4.36. The van der Waals surface area contributed by atoms with Crippen LogP contribution < -0.4 is 5.32 Å². The van der Waals surface area contributed by atoms with Crippen LogP contribution in [0, 0.1) is 17.3 Å². The fourth-order valence-corrected chi connectivity index (χ4v) is 2.58. The van der Waals surface area contributed by atoms with Gasteiger partial charge < -0.3 is 10.1 Å². The molecule has 0 radical (unpaired) electrons. The van der Waals surface area contributed by atoms with Gasteiger partial charge in [0.15, 0.2) is 0 Å². The third-order valence-electron chi connectivity index (χ3n) is 3.51. The van der Waals surface area contributed by atoms with Crippen LogP contribution in [-0.2, 0) is 9.53 Å². The minimum absolute atomic E-state index is 0. The maximum absolute atomic E-state index is 11.3. The van der Waals surface area contributed by atoms with E-state index in [1.54, 1.807) is 0 Å². The monoisotopic (exact) mass is 205 g/mol. The van der Waals surface area contributed by atoms with Crippen molar-refractivity contribution in [1.29, 1.82) is 0 Å². The van der Waals surface area contributed by atoms with Gasteiger partial charge in [0.25, 0.3) is 0 Å². The van der Waals surface area contributed by atoms with Gasteiger partial charge in [-0.25, -0.2) is 0 Å². The zero-order valence-corrected chi connectivity index (χ0v) is 8.98. The number of piperidine rings is 1. The summed E-state index contributed by atoms with van der Waals surface area (Å²) in [5.74, 6) is 1.08. The molecule has 1 N–H and O–H groups in total. The molecule has 13 heavy (non-hydrogen) atoms. The van der Waals surface area contributed by atoms with Gasteiger partial charge in [-0.3, -0.25) is 4.79 Å². The van der Waals surface area contributed by atoms with Crippen LogP contribution in [0.3, 0.4) is 0 Å². The molecule has 4 heteroatoms. The van der Waals surface area contributed by atoms with E-state index in [0.29, 0.717) is 17.3 Å². The molecular weight excluding hydrogens is 190 g/mol. The molecule has 0 spiro atoms. The van der Waals surface area contributed by atoms with Crippen LogP contribution in [0.15, 0.2) is 0 Å². The predicted molar refractivity (Wildman–Crippen MR) is 51.8 cm³/mol. The first kappa shape index (κ1) is 10.8. The third kappa shape index (κ3) is 1.34. The number of hydrogen-bond acceptors (Lipinski definition) is 3. The molecule has 1 aliphatic heterocycles. The van der Waals surface area contributed by atoms with E-state index >= 15 is 0 Å². The highest BCUT2D eigenvalue weighted by Gasteiger charge is 2.66. The largest absolute Gasteiger partial charge is 0.468 e. The fourth-order valence-electron chi connectivity index (χ4n) is 2.58. The second kappa shape index (κ2) is 3.14. The van der Waals surface area contributed by atoms with E-state index in [1.807, 2.05) is 0 Å². The summed E-state index contributed by atoms with van der Waals surface area (Å²) in [5, 5.41) is 3.19. The maximum Gasteiger partial charge on any atom is 0.323 e. The zero-order valence-electron chi connectivity index (χ0n) is 8.16. The number of methoxy groups -OCH3 is 1. The molecule has 0 amide bonds. The number of rotatable bonds is 1. The van der Waals surface area contributed by atoms with Gasteiger partial charge in [0, 0.05) is 0 Å². The third-order valence-corrected chi connectivity index (χ3v) is 3.51. The standard InChI is InChI=1S/C9H15NO2.ClH/c1-9(2)5-4-10-7(6(5)9)8(11)12-3;/h5-7,10H,4H2,1-3H3;1H. The number of nitrogens with one attached hydrogen (secondary N) is 1. The van der Waals surface area contributed by atoms with Crippen molar-refractivity contribution in [3.8, 4) is 0 Å². The van der Waals surface area contributed by atoms with Crippen LogP contribution in [0.2, 0.25) is 0 Å². The minimum Gasteiger partial charge on any atom is -0.468 e. The number of carbonyl (C=O) groups excluding carboxylic acids is 1. The molecule has 1 aliphatic carbocycles. The van der Waals surface area contributed by atoms with E-state index in [4.69, 9.17) is 4.74 Å². The summed E-state index contributed by atoms with van der Waals surface area (Å²) < 4.78 is 4.72. The van der Waals surface area contributed by atoms with Crippen LogP contribution in [0.25, 0.3) is 0 Å². The van der Waals surface area contributed by atoms with Crippen molar-refractivity contribution in [2.45, 2.75) is 19.9 Å². The molecule has 1 heterocycles. The number of halogens is 1. The van der Waals surface area contributed by atoms with Gasteiger partial charge in [-0.2, -0.15) is 0 Å². The van der Waals surface area contributed by atoms with E-state index in [1.165, 1.54) is 7.11 Å². The first-order chi connectivity index (χ1) is 5.59. The van der Waals surface area contributed by atoms with Gasteiger partial charge >= 0.3 is 5.97 Å². The Labute approximate surface area is 84.6 Å². The van der Waals surface area contributed by atoms with Crippen molar-refractivity contribution >= 4 is 18.4 Å². The highest BCUT2D eigenvalue weighted by atomic mass is 35.5. The Morgan fingerprint density at radius 2 is 2.15 bits per heavy atom. The minimum atomic E-state index is -0.104. The van der Waals surface area contributed by atoms with Crippen molar-refractivity contribution in [2.24, 2.45) is 17.3 Å². The summed E-state index contributed by atoms with van der Waals surface area (Å²) in [6.45, 7) is 5.41. The Bertz CT molecular complexity index is 230. The van der Waals surface area contributed by atoms with Crippen molar-refractivity contribution < 1.29 is 9.53 Å². The van der Waals surface area contributed by atoms with Crippen LogP contribution in [0.4, 0.5) is 0 Å². The molecule has 76 valence electrons. The number of carbonyl (C=O) groups is 1. The lowest BCUT2D eigenvalue weighted by molar-refractivity contribution is -0.143.